The Bertz CT molecular complexity index is 1020. The number of nitrogens with zero attached hydrogens (tertiary/aromatic N) is 1. The third-order valence-electron chi connectivity index (χ3n) is 5.72. The highest BCUT2D eigenvalue weighted by molar-refractivity contribution is 5.95. The average Bonchev–Trinajstić information content (AvgIpc) is 3.19. The highest BCUT2D eigenvalue weighted by Gasteiger charge is 2.46. The molecule has 30 heavy (non-hydrogen) atoms. The summed E-state index contributed by atoms with van der Waals surface area (Å²) in [5, 5.41) is 0. The summed E-state index contributed by atoms with van der Waals surface area (Å²) in [6.07, 6.45) is 3.00. The lowest BCUT2D eigenvalue weighted by molar-refractivity contribution is -0.0459. The van der Waals surface area contributed by atoms with Gasteiger partial charge in [-0.3, -0.25) is 4.79 Å². The highest BCUT2D eigenvalue weighted by Crippen LogP contribution is 2.48. The fourth-order valence-electron chi connectivity index (χ4n) is 4.17. The number of hydrogen-bond acceptors (Lipinski definition) is 3. The van der Waals surface area contributed by atoms with Crippen LogP contribution in [0.4, 0.5) is 4.39 Å². The third-order valence-corrected chi connectivity index (χ3v) is 5.72. The maximum absolute atomic E-state index is 14.9. The smallest absolute Gasteiger partial charge is 0.305 e. The topological polar surface area (TPSA) is 38.8 Å². The molecule has 1 saturated heterocycles. The van der Waals surface area contributed by atoms with Gasteiger partial charge in [0.25, 0.3) is 5.91 Å². The molecule has 0 N–H and O–H groups in total. The maximum atomic E-state index is 14.9. The molecule has 5 heteroatoms. The van der Waals surface area contributed by atoms with Crippen molar-refractivity contribution in [3.8, 4) is 11.5 Å². The minimum absolute atomic E-state index is 0.0242. The van der Waals surface area contributed by atoms with Crippen LogP contribution in [0.15, 0.2) is 72.8 Å². The molecule has 0 radical (unpaired) electrons. The van der Waals surface area contributed by atoms with Crippen molar-refractivity contribution >= 4 is 5.91 Å². The van der Waals surface area contributed by atoms with Crippen LogP contribution in [0.5, 0.6) is 11.5 Å². The molecular weight excluding hydrogens is 381 g/mol. The van der Waals surface area contributed by atoms with Gasteiger partial charge in [0.2, 0.25) is 0 Å². The number of amides is 1. The average molecular weight is 403 g/mol. The van der Waals surface area contributed by atoms with E-state index in [1.165, 1.54) is 12.1 Å². The Morgan fingerprint density at radius 3 is 1.90 bits per heavy atom. The second kappa shape index (κ2) is 7.48. The van der Waals surface area contributed by atoms with Gasteiger partial charge < -0.3 is 14.4 Å². The molecule has 0 bridgehead atoms. The van der Waals surface area contributed by atoms with Gasteiger partial charge >= 0.3 is 5.79 Å². The van der Waals surface area contributed by atoms with Gasteiger partial charge in [0.05, 0.1) is 5.56 Å². The van der Waals surface area contributed by atoms with E-state index in [0.29, 0.717) is 18.8 Å². The number of fused-ring (bicyclic) bond motifs is 1. The van der Waals surface area contributed by atoms with Crippen molar-refractivity contribution in [2.24, 2.45) is 0 Å². The fourth-order valence-corrected chi connectivity index (χ4v) is 4.17. The van der Waals surface area contributed by atoms with Crippen LogP contribution in [0.3, 0.4) is 0 Å². The summed E-state index contributed by atoms with van der Waals surface area (Å²) < 4.78 is 27.5. The second-order valence-electron chi connectivity index (χ2n) is 7.68. The van der Waals surface area contributed by atoms with Crippen LogP contribution in [0.1, 0.15) is 40.7 Å². The van der Waals surface area contributed by atoms with Crippen molar-refractivity contribution in [1.29, 1.82) is 0 Å². The van der Waals surface area contributed by atoms with E-state index in [1.54, 1.807) is 4.90 Å². The van der Waals surface area contributed by atoms with E-state index in [4.69, 9.17) is 9.47 Å². The Kier molecular flexibility index (Phi) is 4.66. The van der Waals surface area contributed by atoms with Crippen LogP contribution in [0, 0.1) is 5.82 Å². The summed E-state index contributed by atoms with van der Waals surface area (Å²) in [5.41, 5.74) is 1.60. The first-order chi connectivity index (χ1) is 14.7. The molecule has 3 aromatic carbocycles. The molecule has 0 saturated carbocycles. The number of carbonyl (C=O) groups excluding carboxylic acids is 1. The zero-order valence-corrected chi connectivity index (χ0v) is 16.5. The van der Waals surface area contributed by atoms with Gasteiger partial charge in [-0.15, -0.1) is 0 Å². The quantitative estimate of drug-likeness (QED) is 0.609. The minimum Gasteiger partial charge on any atom is -0.440 e. The predicted octanol–water partition coefficient (Wildman–Crippen LogP) is 5.12. The zero-order chi connectivity index (χ0) is 20.6. The Morgan fingerprint density at radius 1 is 0.800 bits per heavy atom. The first-order valence-electron chi connectivity index (χ1n) is 10.3. The normalized spacial score (nSPS) is 17.0. The van der Waals surface area contributed by atoms with Crippen molar-refractivity contribution in [2.75, 3.05) is 13.1 Å². The van der Waals surface area contributed by atoms with Crippen molar-refractivity contribution in [1.82, 2.24) is 4.90 Å². The SMILES string of the molecule is O=C(c1cc2c(cc1F)OC(c1ccccc1)(c1ccccc1)O2)N1CCCCC1. The fraction of sp³-hybridized carbons (Fsp3) is 0.240. The molecule has 0 atom stereocenters. The monoisotopic (exact) mass is 403 g/mol. The van der Waals surface area contributed by atoms with E-state index in [0.717, 1.165) is 30.4 Å². The van der Waals surface area contributed by atoms with E-state index in [-0.39, 0.29) is 17.2 Å². The van der Waals surface area contributed by atoms with E-state index >= 15 is 0 Å². The number of carbonyl (C=O) groups is 1. The molecule has 3 aromatic rings. The standard InChI is InChI=1S/C25H22FNO3/c26-21-17-23-22(16-20(21)24(28)27-14-8-3-9-15-27)29-25(30-23,18-10-4-1-5-11-18)19-12-6-2-7-13-19/h1-2,4-7,10-13,16-17H,3,8-9,14-15H2. The van der Waals surface area contributed by atoms with Gasteiger partial charge in [0.15, 0.2) is 11.5 Å². The van der Waals surface area contributed by atoms with Gasteiger partial charge in [-0.2, -0.15) is 0 Å². The van der Waals surface area contributed by atoms with Crippen LogP contribution in [0.2, 0.25) is 0 Å². The number of hydrogen-bond donors (Lipinski definition) is 0. The predicted molar refractivity (Wildman–Crippen MR) is 111 cm³/mol. The molecule has 0 unspecified atom stereocenters. The van der Waals surface area contributed by atoms with Gasteiger partial charge in [0.1, 0.15) is 5.82 Å². The third kappa shape index (κ3) is 3.11. The van der Waals surface area contributed by atoms with E-state index in [9.17, 15) is 9.18 Å². The zero-order valence-electron chi connectivity index (χ0n) is 16.5. The molecular formula is C25H22FNO3. The first kappa shape index (κ1) is 18.7. The number of benzene rings is 3. The number of likely N-dealkylation sites (tertiary alicyclic amines) is 1. The van der Waals surface area contributed by atoms with Gasteiger partial charge in [0, 0.05) is 30.3 Å². The Hall–Kier alpha value is -3.34. The van der Waals surface area contributed by atoms with Crippen LogP contribution in [-0.2, 0) is 5.79 Å². The first-order valence-corrected chi connectivity index (χ1v) is 10.3. The molecule has 1 amide bonds. The van der Waals surface area contributed by atoms with Crippen LogP contribution < -0.4 is 9.47 Å². The molecule has 152 valence electrons. The largest absolute Gasteiger partial charge is 0.440 e. The number of halogens is 1. The Labute approximate surface area is 174 Å². The number of ether oxygens (including phenoxy) is 2. The summed E-state index contributed by atoms with van der Waals surface area (Å²) in [5.74, 6) is -1.47. The summed E-state index contributed by atoms with van der Waals surface area (Å²) in [4.78, 5) is 14.6. The summed E-state index contributed by atoms with van der Waals surface area (Å²) in [7, 11) is 0. The minimum atomic E-state index is -1.23. The van der Waals surface area contributed by atoms with E-state index < -0.39 is 11.6 Å². The molecule has 5 rings (SSSR count). The molecule has 2 heterocycles. The second-order valence-corrected chi connectivity index (χ2v) is 7.68. The van der Waals surface area contributed by atoms with E-state index in [1.807, 2.05) is 60.7 Å². The van der Waals surface area contributed by atoms with Crippen molar-refractivity contribution in [3.63, 3.8) is 0 Å². The lowest BCUT2D eigenvalue weighted by atomic mass is 9.97. The van der Waals surface area contributed by atoms with Crippen LogP contribution in [0.25, 0.3) is 0 Å². The van der Waals surface area contributed by atoms with Gasteiger partial charge in [-0.1, -0.05) is 60.7 Å². The van der Waals surface area contributed by atoms with Crippen molar-refractivity contribution in [3.05, 3.63) is 95.3 Å². The van der Waals surface area contributed by atoms with Crippen LogP contribution >= 0.6 is 0 Å². The maximum Gasteiger partial charge on any atom is 0.305 e. The van der Waals surface area contributed by atoms with E-state index in [2.05, 4.69) is 0 Å². The highest BCUT2D eigenvalue weighted by atomic mass is 19.1. The Morgan fingerprint density at radius 2 is 1.33 bits per heavy atom. The number of rotatable bonds is 3. The summed E-state index contributed by atoms with van der Waals surface area (Å²) >= 11 is 0. The van der Waals surface area contributed by atoms with Gasteiger partial charge in [-0.25, -0.2) is 4.39 Å². The number of piperidine rings is 1. The van der Waals surface area contributed by atoms with Crippen molar-refractivity contribution in [2.45, 2.75) is 25.0 Å². The van der Waals surface area contributed by atoms with Crippen LogP contribution in [-0.4, -0.2) is 23.9 Å². The summed E-state index contributed by atoms with van der Waals surface area (Å²) in [6, 6.07) is 21.8. The molecule has 2 aliphatic heterocycles. The Balaban J connectivity index is 1.56. The molecule has 0 spiro atoms. The molecule has 0 aromatic heterocycles. The lowest BCUT2D eigenvalue weighted by Gasteiger charge is -2.28. The van der Waals surface area contributed by atoms with Crippen molar-refractivity contribution < 1.29 is 18.7 Å². The molecule has 2 aliphatic rings. The molecule has 4 nitrogen and oxygen atoms in total. The molecule has 0 aliphatic carbocycles. The lowest BCUT2D eigenvalue weighted by Crippen LogP contribution is -2.36. The molecule has 1 fully saturated rings. The van der Waals surface area contributed by atoms with Gasteiger partial charge in [-0.05, 0) is 25.3 Å². The summed E-state index contributed by atoms with van der Waals surface area (Å²) in [6.45, 7) is 1.31.